The summed E-state index contributed by atoms with van der Waals surface area (Å²) < 4.78 is 0. The third kappa shape index (κ3) is 1.60. The number of carboxylic acids is 1. The van der Waals surface area contributed by atoms with E-state index in [1.54, 1.807) is 0 Å². The lowest BCUT2D eigenvalue weighted by Gasteiger charge is -2.19. The van der Waals surface area contributed by atoms with E-state index in [0.29, 0.717) is 5.56 Å². The number of hydrogen-bond donors (Lipinski definition) is 1. The van der Waals surface area contributed by atoms with E-state index in [1.165, 1.54) is 12.0 Å². The summed E-state index contributed by atoms with van der Waals surface area (Å²) >= 11 is 0. The Kier molecular flexibility index (Phi) is 2.36. The van der Waals surface area contributed by atoms with Gasteiger partial charge in [0.15, 0.2) is 0 Å². The van der Waals surface area contributed by atoms with Gasteiger partial charge in [-0.3, -0.25) is 0 Å². The highest BCUT2D eigenvalue weighted by Crippen LogP contribution is 2.31. The molecule has 0 atom stereocenters. The molecule has 1 N–H and O–H groups in total. The lowest BCUT2D eigenvalue weighted by molar-refractivity contribution is 0.0697. The quantitative estimate of drug-likeness (QED) is 0.809. The van der Waals surface area contributed by atoms with Crippen molar-refractivity contribution in [2.45, 2.75) is 25.7 Å². The monoisotopic (exact) mass is 226 g/mol. The van der Waals surface area contributed by atoms with Crippen LogP contribution in [-0.2, 0) is 12.8 Å². The smallest absolute Gasteiger partial charge is 0.336 e. The maximum absolute atomic E-state index is 11.5. The van der Waals surface area contributed by atoms with E-state index in [1.807, 2.05) is 24.3 Å². The second-order valence-corrected chi connectivity index (χ2v) is 4.62. The fourth-order valence-corrected chi connectivity index (χ4v) is 2.82. The van der Waals surface area contributed by atoms with Crippen LogP contribution in [0, 0.1) is 0 Å². The molecule has 0 heterocycles. The number of benzene rings is 2. The Morgan fingerprint density at radius 2 is 1.88 bits per heavy atom. The number of aryl methyl sites for hydroxylation is 1. The number of aromatic carboxylic acids is 1. The fourth-order valence-electron chi connectivity index (χ4n) is 2.82. The van der Waals surface area contributed by atoms with Gasteiger partial charge in [-0.15, -0.1) is 0 Å². The van der Waals surface area contributed by atoms with E-state index in [0.717, 1.165) is 35.6 Å². The first-order valence-electron chi connectivity index (χ1n) is 6.04. The minimum Gasteiger partial charge on any atom is -0.478 e. The van der Waals surface area contributed by atoms with Crippen molar-refractivity contribution < 1.29 is 9.90 Å². The molecule has 2 nitrogen and oxygen atoms in total. The predicted octanol–water partition coefficient (Wildman–Crippen LogP) is 3.42. The highest BCUT2D eigenvalue weighted by molar-refractivity contribution is 6.05. The van der Waals surface area contributed by atoms with E-state index in [-0.39, 0.29) is 0 Å². The molecule has 2 aromatic rings. The molecule has 86 valence electrons. The van der Waals surface area contributed by atoms with E-state index in [4.69, 9.17) is 0 Å². The molecule has 0 amide bonds. The number of fused-ring (bicyclic) bond motifs is 2. The van der Waals surface area contributed by atoms with Gasteiger partial charge >= 0.3 is 5.97 Å². The standard InChI is InChI=1S/C15H14O2/c16-15(17)14-12-7-3-1-5-10(12)9-11-6-2-4-8-13(11)14/h1,3,5,7,9H,2,4,6,8H2,(H,16,17). The summed E-state index contributed by atoms with van der Waals surface area (Å²) in [5, 5.41) is 11.4. The molecule has 1 aliphatic carbocycles. The van der Waals surface area contributed by atoms with Crippen molar-refractivity contribution >= 4 is 16.7 Å². The summed E-state index contributed by atoms with van der Waals surface area (Å²) in [5.74, 6) is -0.792. The fraction of sp³-hybridized carbons (Fsp3) is 0.267. The Morgan fingerprint density at radius 3 is 2.71 bits per heavy atom. The van der Waals surface area contributed by atoms with E-state index in [2.05, 4.69) is 6.07 Å². The summed E-state index contributed by atoms with van der Waals surface area (Å²) in [5.41, 5.74) is 2.81. The maximum Gasteiger partial charge on any atom is 0.336 e. The second-order valence-electron chi connectivity index (χ2n) is 4.62. The Morgan fingerprint density at radius 1 is 1.12 bits per heavy atom. The number of carbonyl (C=O) groups is 1. The van der Waals surface area contributed by atoms with E-state index < -0.39 is 5.97 Å². The summed E-state index contributed by atoms with van der Waals surface area (Å²) in [6, 6.07) is 9.94. The maximum atomic E-state index is 11.5. The Balaban J connectivity index is 2.40. The molecule has 0 fully saturated rings. The van der Waals surface area contributed by atoms with Crippen LogP contribution in [0.1, 0.15) is 34.3 Å². The van der Waals surface area contributed by atoms with Crippen LogP contribution in [-0.4, -0.2) is 11.1 Å². The first-order chi connectivity index (χ1) is 8.27. The third-order valence-electron chi connectivity index (χ3n) is 3.59. The van der Waals surface area contributed by atoms with Gasteiger partial charge in [0.25, 0.3) is 0 Å². The molecule has 0 aromatic heterocycles. The van der Waals surface area contributed by atoms with Crippen LogP contribution in [0.5, 0.6) is 0 Å². The van der Waals surface area contributed by atoms with Crippen LogP contribution in [0.15, 0.2) is 30.3 Å². The molecule has 0 saturated carbocycles. The minimum atomic E-state index is -0.792. The van der Waals surface area contributed by atoms with Gasteiger partial charge in [0.05, 0.1) is 5.56 Å². The van der Waals surface area contributed by atoms with E-state index >= 15 is 0 Å². The van der Waals surface area contributed by atoms with Crippen LogP contribution in [0.4, 0.5) is 0 Å². The van der Waals surface area contributed by atoms with Gasteiger partial charge in [0.1, 0.15) is 0 Å². The first-order valence-corrected chi connectivity index (χ1v) is 6.04. The zero-order valence-corrected chi connectivity index (χ0v) is 9.57. The molecule has 17 heavy (non-hydrogen) atoms. The minimum absolute atomic E-state index is 0.526. The molecule has 2 aromatic carbocycles. The highest BCUT2D eigenvalue weighted by atomic mass is 16.4. The number of hydrogen-bond acceptors (Lipinski definition) is 1. The Labute approximate surface area is 99.9 Å². The lowest BCUT2D eigenvalue weighted by Crippen LogP contribution is -2.11. The number of rotatable bonds is 1. The molecule has 1 aliphatic rings. The van der Waals surface area contributed by atoms with Crippen molar-refractivity contribution in [2.75, 3.05) is 0 Å². The summed E-state index contributed by atoms with van der Waals surface area (Å²) in [6.45, 7) is 0. The molecule has 0 bridgehead atoms. The van der Waals surface area contributed by atoms with Gasteiger partial charge in [-0.25, -0.2) is 4.79 Å². The molecule has 0 spiro atoms. The molecule has 2 heteroatoms. The van der Waals surface area contributed by atoms with Crippen molar-refractivity contribution in [2.24, 2.45) is 0 Å². The Bertz CT molecular complexity index is 599. The van der Waals surface area contributed by atoms with Gasteiger partial charge in [0.2, 0.25) is 0 Å². The molecule has 3 rings (SSSR count). The van der Waals surface area contributed by atoms with Crippen LogP contribution < -0.4 is 0 Å². The molecule has 0 radical (unpaired) electrons. The van der Waals surface area contributed by atoms with Gasteiger partial charge in [-0.05, 0) is 47.6 Å². The van der Waals surface area contributed by atoms with Gasteiger partial charge in [-0.2, -0.15) is 0 Å². The Hall–Kier alpha value is -1.83. The number of carboxylic acid groups (broad SMARTS) is 1. The van der Waals surface area contributed by atoms with Crippen molar-refractivity contribution in [1.29, 1.82) is 0 Å². The zero-order valence-electron chi connectivity index (χ0n) is 9.57. The zero-order chi connectivity index (χ0) is 11.8. The largest absolute Gasteiger partial charge is 0.478 e. The molecule has 0 aliphatic heterocycles. The predicted molar refractivity (Wildman–Crippen MR) is 67.5 cm³/mol. The summed E-state index contributed by atoms with van der Waals surface area (Å²) in [7, 11) is 0. The van der Waals surface area contributed by atoms with Gasteiger partial charge in [0, 0.05) is 0 Å². The topological polar surface area (TPSA) is 37.3 Å². The highest BCUT2D eigenvalue weighted by Gasteiger charge is 2.20. The normalized spacial score (nSPS) is 14.6. The van der Waals surface area contributed by atoms with Gasteiger partial charge in [-0.1, -0.05) is 30.3 Å². The second kappa shape index (κ2) is 3.88. The molecule has 0 saturated heterocycles. The lowest BCUT2D eigenvalue weighted by atomic mass is 9.85. The third-order valence-corrected chi connectivity index (χ3v) is 3.59. The molecular formula is C15H14O2. The van der Waals surface area contributed by atoms with Crippen molar-refractivity contribution in [3.8, 4) is 0 Å². The van der Waals surface area contributed by atoms with Crippen LogP contribution >= 0.6 is 0 Å². The molecular weight excluding hydrogens is 212 g/mol. The average molecular weight is 226 g/mol. The van der Waals surface area contributed by atoms with Crippen molar-refractivity contribution in [3.63, 3.8) is 0 Å². The first kappa shape index (κ1) is 10.3. The summed E-state index contributed by atoms with van der Waals surface area (Å²) in [4.78, 5) is 11.5. The van der Waals surface area contributed by atoms with Crippen LogP contribution in [0.2, 0.25) is 0 Å². The molecule has 0 unspecified atom stereocenters. The van der Waals surface area contributed by atoms with Crippen molar-refractivity contribution in [3.05, 3.63) is 47.0 Å². The average Bonchev–Trinajstić information content (AvgIpc) is 2.35. The van der Waals surface area contributed by atoms with E-state index in [9.17, 15) is 9.90 Å². The van der Waals surface area contributed by atoms with Crippen molar-refractivity contribution in [1.82, 2.24) is 0 Å². The summed E-state index contributed by atoms with van der Waals surface area (Å²) in [6.07, 6.45) is 4.19. The SMILES string of the molecule is O=C(O)c1c2c(cc3ccccc13)CCCC2. The van der Waals surface area contributed by atoms with Crippen LogP contribution in [0.3, 0.4) is 0 Å². The van der Waals surface area contributed by atoms with Gasteiger partial charge < -0.3 is 5.11 Å². The van der Waals surface area contributed by atoms with Crippen LogP contribution in [0.25, 0.3) is 10.8 Å².